The molecule has 0 aromatic heterocycles. The Kier molecular flexibility index (Phi) is 3.15. The lowest BCUT2D eigenvalue weighted by Gasteiger charge is -2.22. The van der Waals surface area contributed by atoms with Crippen LogP contribution >= 0.6 is 0 Å². The molecule has 0 radical (unpaired) electrons. The van der Waals surface area contributed by atoms with Gasteiger partial charge < -0.3 is 9.84 Å². The molecular formula is C14H21NO2. The molecule has 0 spiro atoms. The maximum absolute atomic E-state index is 9.45. The first kappa shape index (κ1) is 12.4. The number of ether oxygens (including phenoxy) is 1. The van der Waals surface area contributed by atoms with Gasteiger partial charge in [-0.05, 0) is 26.8 Å². The van der Waals surface area contributed by atoms with Crippen molar-refractivity contribution in [3.63, 3.8) is 0 Å². The first-order valence-corrected chi connectivity index (χ1v) is 6.03. The van der Waals surface area contributed by atoms with Crippen LogP contribution in [0, 0.1) is 0 Å². The van der Waals surface area contributed by atoms with Crippen molar-refractivity contribution in [2.75, 3.05) is 13.7 Å². The molecule has 1 saturated heterocycles. The van der Waals surface area contributed by atoms with E-state index in [0.717, 1.165) is 5.75 Å². The summed E-state index contributed by atoms with van der Waals surface area (Å²) in [5, 5.41) is 9.45. The third-order valence-electron chi connectivity index (χ3n) is 3.35. The molecule has 1 aromatic rings. The van der Waals surface area contributed by atoms with Crippen molar-refractivity contribution < 1.29 is 9.84 Å². The summed E-state index contributed by atoms with van der Waals surface area (Å²) in [7, 11) is 1.69. The Labute approximate surface area is 103 Å². The predicted octanol–water partition coefficient (Wildman–Crippen LogP) is 2.21. The lowest BCUT2D eigenvalue weighted by Crippen LogP contribution is -2.28. The van der Waals surface area contributed by atoms with Crippen LogP contribution in [-0.4, -0.2) is 35.3 Å². The Hall–Kier alpha value is -1.06. The van der Waals surface area contributed by atoms with Crippen LogP contribution < -0.4 is 4.74 Å². The van der Waals surface area contributed by atoms with Crippen molar-refractivity contribution in [2.45, 2.75) is 38.4 Å². The summed E-state index contributed by atoms with van der Waals surface area (Å²) in [4.78, 5) is 2.32. The van der Waals surface area contributed by atoms with Crippen LogP contribution in [0.4, 0.5) is 0 Å². The van der Waals surface area contributed by atoms with Gasteiger partial charge in [0, 0.05) is 11.1 Å². The van der Waals surface area contributed by atoms with E-state index in [1.165, 1.54) is 5.56 Å². The molecule has 1 aromatic carbocycles. The molecule has 1 N–H and O–H groups in total. The maximum atomic E-state index is 9.45. The minimum atomic E-state index is 0.0684. The molecule has 0 bridgehead atoms. The van der Waals surface area contributed by atoms with Crippen LogP contribution in [0.5, 0.6) is 5.75 Å². The smallest absolute Gasteiger partial charge is 0.123 e. The second-order valence-electron chi connectivity index (χ2n) is 5.51. The fourth-order valence-electron chi connectivity index (χ4n) is 2.65. The third kappa shape index (κ3) is 2.17. The molecule has 1 fully saturated rings. The van der Waals surface area contributed by atoms with Crippen LogP contribution in [0.15, 0.2) is 24.3 Å². The van der Waals surface area contributed by atoms with Gasteiger partial charge in [-0.2, -0.15) is 0 Å². The van der Waals surface area contributed by atoms with E-state index >= 15 is 0 Å². The first-order valence-electron chi connectivity index (χ1n) is 6.03. The van der Waals surface area contributed by atoms with E-state index in [1.807, 2.05) is 18.2 Å². The van der Waals surface area contributed by atoms with Gasteiger partial charge in [-0.15, -0.1) is 0 Å². The molecule has 0 aliphatic carbocycles. The fourth-order valence-corrected chi connectivity index (χ4v) is 2.65. The molecule has 1 heterocycles. The van der Waals surface area contributed by atoms with Crippen LogP contribution in [0.2, 0.25) is 0 Å². The van der Waals surface area contributed by atoms with E-state index in [4.69, 9.17) is 4.74 Å². The van der Waals surface area contributed by atoms with Crippen molar-refractivity contribution in [3.8, 4) is 5.75 Å². The minimum absolute atomic E-state index is 0.0684. The Bertz CT molecular complexity index is 397. The number of hydrogen-bond acceptors (Lipinski definition) is 3. The number of aliphatic hydroxyl groups is 1. The molecule has 1 aliphatic heterocycles. The highest BCUT2D eigenvalue weighted by Crippen LogP contribution is 2.50. The van der Waals surface area contributed by atoms with Gasteiger partial charge in [0.1, 0.15) is 5.75 Å². The summed E-state index contributed by atoms with van der Waals surface area (Å²) < 4.78 is 5.39. The Balaban J connectivity index is 2.29. The van der Waals surface area contributed by atoms with Gasteiger partial charge in [-0.25, -0.2) is 0 Å². The van der Waals surface area contributed by atoms with E-state index in [2.05, 4.69) is 31.7 Å². The molecule has 94 valence electrons. The zero-order valence-electron chi connectivity index (χ0n) is 11.0. The van der Waals surface area contributed by atoms with E-state index in [9.17, 15) is 5.11 Å². The lowest BCUT2D eigenvalue weighted by atomic mass is 10.1. The molecule has 17 heavy (non-hydrogen) atoms. The zero-order valence-corrected chi connectivity index (χ0v) is 11.0. The molecular weight excluding hydrogens is 214 g/mol. The minimum Gasteiger partial charge on any atom is -0.496 e. The van der Waals surface area contributed by atoms with Gasteiger partial charge >= 0.3 is 0 Å². The first-order chi connectivity index (χ1) is 8.00. The zero-order chi connectivity index (χ0) is 12.6. The van der Waals surface area contributed by atoms with Crippen LogP contribution in [0.1, 0.15) is 32.4 Å². The van der Waals surface area contributed by atoms with Crippen LogP contribution in [-0.2, 0) is 0 Å². The molecule has 3 nitrogen and oxygen atoms in total. The van der Waals surface area contributed by atoms with E-state index in [0.29, 0.717) is 0 Å². The molecule has 1 aliphatic rings. The van der Waals surface area contributed by atoms with Gasteiger partial charge in [-0.3, -0.25) is 4.90 Å². The SMILES string of the molecule is COc1ccccc1[C@H]1[C@@H](CO)N1C(C)(C)C. The monoisotopic (exact) mass is 235 g/mol. The fraction of sp³-hybridized carbons (Fsp3) is 0.571. The molecule has 0 amide bonds. The number of rotatable bonds is 3. The lowest BCUT2D eigenvalue weighted by molar-refractivity contribution is 0.220. The highest BCUT2D eigenvalue weighted by molar-refractivity contribution is 5.40. The third-order valence-corrected chi connectivity index (χ3v) is 3.35. The largest absolute Gasteiger partial charge is 0.496 e. The number of para-hydroxylation sites is 1. The van der Waals surface area contributed by atoms with Crippen LogP contribution in [0.3, 0.4) is 0 Å². The topological polar surface area (TPSA) is 32.5 Å². The Morgan fingerprint density at radius 3 is 2.41 bits per heavy atom. The van der Waals surface area contributed by atoms with Gasteiger partial charge in [0.2, 0.25) is 0 Å². The summed E-state index contributed by atoms with van der Waals surface area (Å²) in [5.41, 5.74) is 1.24. The second-order valence-corrected chi connectivity index (χ2v) is 5.51. The molecule has 1 unspecified atom stereocenters. The van der Waals surface area contributed by atoms with E-state index < -0.39 is 0 Å². The van der Waals surface area contributed by atoms with Crippen molar-refractivity contribution in [2.24, 2.45) is 0 Å². The highest BCUT2D eigenvalue weighted by Gasteiger charge is 2.54. The normalized spacial score (nSPS) is 27.9. The Morgan fingerprint density at radius 1 is 1.29 bits per heavy atom. The summed E-state index contributed by atoms with van der Waals surface area (Å²) in [5.74, 6) is 0.905. The summed E-state index contributed by atoms with van der Waals surface area (Å²) in [6, 6.07) is 8.54. The van der Waals surface area contributed by atoms with Crippen molar-refractivity contribution in [3.05, 3.63) is 29.8 Å². The molecule has 2 rings (SSSR count). The average molecular weight is 235 g/mol. The summed E-state index contributed by atoms with van der Waals surface area (Å²) in [6.07, 6.45) is 0. The van der Waals surface area contributed by atoms with Gasteiger partial charge in [0.25, 0.3) is 0 Å². The van der Waals surface area contributed by atoms with Gasteiger partial charge in [0.05, 0.1) is 25.8 Å². The number of methoxy groups -OCH3 is 1. The Morgan fingerprint density at radius 2 is 1.94 bits per heavy atom. The molecule has 0 saturated carbocycles. The van der Waals surface area contributed by atoms with Crippen molar-refractivity contribution >= 4 is 0 Å². The quantitative estimate of drug-likeness (QED) is 0.815. The van der Waals surface area contributed by atoms with Crippen LogP contribution in [0.25, 0.3) is 0 Å². The number of hydrogen-bond donors (Lipinski definition) is 1. The average Bonchev–Trinajstić information content (AvgIpc) is 3.03. The van der Waals surface area contributed by atoms with Gasteiger partial charge in [-0.1, -0.05) is 18.2 Å². The van der Waals surface area contributed by atoms with Gasteiger partial charge in [0.15, 0.2) is 0 Å². The highest BCUT2D eigenvalue weighted by atomic mass is 16.5. The second kappa shape index (κ2) is 4.31. The predicted molar refractivity (Wildman–Crippen MR) is 68.2 cm³/mol. The number of benzene rings is 1. The van der Waals surface area contributed by atoms with Crippen molar-refractivity contribution in [1.82, 2.24) is 4.90 Å². The molecule has 3 heteroatoms. The molecule has 3 atom stereocenters. The maximum Gasteiger partial charge on any atom is 0.123 e. The summed E-state index contributed by atoms with van der Waals surface area (Å²) >= 11 is 0. The number of aliphatic hydroxyl groups excluding tert-OH is 1. The summed E-state index contributed by atoms with van der Waals surface area (Å²) in [6.45, 7) is 6.71. The van der Waals surface area contributed by atoms with E-state index in [-0.39, 0.29) is 24.2 Å². The number of nitrogens with zero attached hydrogens (tertiary/aromatic N) is 1. The van der Waals surface area contributed by atoms with Crippen molar-refractivity contribution in [1.29, 1.82) is 0 Å². The standard InChI is InChI=1S/C14H21NO2/c1-14(2,3)15-11(9-16)13(15)10-7-5-6-8-12(10)17-4/h5-8,11,13,16H,9H2,1-4H3/t11-,13+,15?/m1/s1. The van der Waals surface area contributed by atoms with E-state index in [1.54, 1.807) is 7.11 Å².